The number of amides is 1. The van der Waals surface area contributed by atoms with Crippen molar-refractivity contribution in [1.29, 1.82) is 0 Å². The zero-order valence-corrected chi connectivity index (χ0v) is 12.9. The first-order valence-corrected chi connectivity index (χ1v) is 7.30. The molecule has 0 saturated heterocycles. The minimum Gasteiger partial charge on any atom is -0.477 e. The van der Waals surface area contributed by atoms with Gasteiger partial charge in [-0.15, -0.1) is 11.3 Å². The smallest absolute Gasteiger partial charge is 0.354 e. The molecule has 2 aromatic rings. The highest BCUT2D eigenvalue weighted by Gasteiger charge is 2.11. The number of aryl methyl sites for hydroxylation is 1. The van der Waals surface area contributed by atoms with E-state index in [0.717, 1.165) is 14.9 Å². The van der Waals surface area contributed by atoms with Crippen LogP contribution in [-0.2, 0) is 6.54 Å². The summed E-state index contributed by atoms with van der Waals surface area (Å²) in [6.45, 7) is 2.23. The maximum Gasteiger partial charge on any atom is 0.354 e. The molecule has 0 aliphatic heterocycles. The number of carboxylic acid groups (broad SMARTS) is 1. The summed E-state index contributed by atoms with van der Waals surface area (Å²) in [7, 11) is 0. The van der Waals surface area contributed by atoms with Crippen molar-refractivity contribution in [2.75, 3.05) is 0 Å². The number of carboxylic acids is 1. The summed E-state index contributed by atoms with van der Waals surface area (Å²) in [5.41, 5.74) is 1.75. The summed E-state index contributed by atoms with van der Waals surface area (Å²) >= 11 is 4.75. The highest BCUT2D eigenvalue weighted by Crippen LogP contribution is 2.27. The third-order valence-electron chi connectivity index (χ3n) is 2.58. The standard InChI is InChI=1S/C13H11BrN2O3S/c1-7-4-10(20-11(7)14)12(17)16-6-8-2-3-9(13(18)19)15-5-8/h2-5H,6H2,1H3,(H,16,17)(H,18,19). The minimum absolute atomic E-state index is 0.0158. The second-order valence-electron chi connectivity index (χ2n) is 4.11. The summed E-state index contributed by atoms with van der Waals surface area (Å²) < 4.78 is 0.940. The molecule has 0 fully saturated rings. The van der Waals surface area contributed by atoms with Gasteiger partial charge in [0, 0.05) is 12.7 Å². The summed E-state index contributed by atoms with van der Waals surface area (Å²) in [6.07, 6.45) is 1.44. The molecule has 0 radical (unpaired) electrons. The third kappa shape index (κ3) is 3.43. The van der Waals surface area contributed by atoms with E-state index in [4.69, 9.17) is 5.11 Å². The van der Waals surface area contributed by atoms with Gasteiger partial charge in [-0.05, 0) is 46.1 Å². The number of aromatic carboxylic acids is 1. The van der Waals surface area contributed by atoms with E-state index < -0.39 is 5.97 Å². The largest absolute Gasteiger partial charge is 0.477 e. The number of hydrogen-bond acceptors (Lipinski definition) is 4. The highest BCUT2D eigenvalue weighted by molar-refractivity contribution is 9.11. The van der Waals surface area contributed by atoms with E-state index in [2.05, 4.69) is 26.2 Å². The van der Waals surface area contributed by atoms with Gasteiger partial charge in [0.2, 0.25) is 0 Å². The number of nitrogens with one attached hydrogen (secondary N) is 1. The quantitative estimate of drug-likeness (QED) is 0.884. The Morgan fingerprint density at radius 2 is 2.20 bits per heavy atom. The molecule has 5 nitrogen and oxygen atoms in total. The number of aromatic nitrogens is 1. The van der Waals surface area contributed by atoms with Gasteiger partial charge in [-0.25, -0.2) is 9.78 Å². The molecule has 0 aliphatic carbocycles. The lowest BCUT2D eigenvalue weighted by Gasteiger charge is -2.03. The molecule has 0 saturated carbocycles. The van der Waals surface area contributed by atoms with Gasteiger partial charge in [-0.1, -0.05) is 6.07 Å². The van der Waals surface area contributed by atoms with Crippen molar-refractivity contribution >= 4 is 39.1 Å². The first-order valence-electron chi connectivity index (χ1n) is 5.69. The molecule has 0 aromatic carbocycles. The van der Waals surface area contributed by atoms with Crippen LogP contribution in [0.5, 0.6) is 0 Å². The van der Waals surface area contributed by atoms with E-state index in [0.29, 0.717) is 11.4 Å². The number of halogens is 1. The normalized spacial score (nSPS) is 10.3. The molecule has 2 N–H and O–H groups in total. The predicted molar refractivity (Wildman–Crippen MR) is 79.1 cm³/mol. The fourth-order valence-electron chi connectivity index (χ4n) is 1.50. The third-order valence-corrected chi connectivity index (χ3v) is 4.71. The van der Waals surface area contributed by atoms with Crippen LogP contribution in [-0.4, -0.2) is 22.0 Å². The number of hydrogen-bond donors (Lipinski definition) is 2. The zero-order chi connectivity index (χ0) is 14.7. The summed E-state index contributed by atoms with van der Waals surface area (Å²) in [4.78, 5) is 27.0. The lowest BCUT2D eigenvalue weighted by Crippen LogP contribution is -2.22. The van der Waals surface area contributed by atoms with E-state index in [9.17, 15) is 9.59 Å². The Morgan fingerprint density at radius 1 is 1.45 bits per heavy atom. The van der Waals surface area contributed by atoms with Crippen molar-refractivity contribution in [3.63, 3.8) is 0 Å². The van der Waals surface area contributed by atoms with Crippen molar-refractivity contribution in [3.05, 3.63) is 49.9 Å². The first-order chi connectivity index (χ1) is 9.47. The number of thiophene rings is 1. The number of pyridine rings is 1. The Bertz CT molecular complexity index is 633. The van der Waals surface area contributed by atoms with Gasteiger partial charge < -0.3 is 10.4 Å². The molecule has 1 amide bonds. The second-order valence-corrected chi connectivity index (χ2v) is 6.48. The van der Waals surface area contributed by atoms with Gasteiger partial charge in [-0.2, -0.15) is 0 Å². The maximum atomic E-state index is 11.9. The van der Waals surface area contributed by atoms with Crippen LogP contribution in [0.15, 0.2) is 28.2 Å². The van der Waals surface area contributed by atoms with Crippen molar-refractivity contribution < 1.29 is 14.7 Å². The van der Waals surface area contributed by atoms with Crippen LogP contribution in [0.4, 0.5) is 0 Å². The molecule has 0 unspecified atom stereocenters. The predicted octanol–water partition coefficient (Wildman–Crippen LogP) is 2.84. The van der Waals surface area contributed by atoms with Crippen molar-refractivity contribution in [2.24, 2.45) is 0 Å². The lowest BCUT2D eigenvalue weighted by atomic mass is 10.2. The van der Waals surface area contributed by atoms with E-state index in [-0.39, 0.29) is 11.6 Å². The Hall–Kier alpha value is -1.73. The Morgan fingerprint density at radius 3 is 2.70 bits per heavy atom. The highest BCUT2D eigenvalue weighted by atomic mass is 79.9. The SMILES string of the molecule is Cc1cc(C(=O)NCc2ccc(C(=O)O)nc2)sc1Br. The average molecular weight is 355 g/mol. The van der Waals surface area contributed by atoms with Gasteiger partial charge >= 0.3 is 5.97 Å². The molecule has 0 atom stereocenters. The van der Waals surface area contributed by atoms with E-state index in [1.807, 2.05) is 13.0 Å². The van der Waals surface area contributed by atoms with Gasteiger partial charge in [0.15, 0.2) is 0 Å². The molecule has 2 rings (SSSR count). The van der Waals surface area contributed by atoms with Gasteiger partial charge in [0.05, 0.1) is 8.66 Å². The van der Waals surface area contributed by atoms with Crippen LogP contribution in [0.3, 0.4) is 0 Å². The van der Waals surface area contributed by atoms with Crippen LogP contribution in [0.2, 0.25) is 0 Å². The maximum absolute atomic E-state index is 11.9. The van der Waals surface area contributed by atoms with Crippen molar-refractivity contribution in [2.45, 2.75) is 13.5 Å². The molecule has 0 spiro atoms. The second kappa shape index (κ2) is 6.15. The van der Waals surface area contributed by atoms with E-state index >= 15 is 0 Å². The topological polar surface area (TPSA) is 79.3 Å². The average Bonchev–Trinajstić information content (AvgIpc) is 2.76. The van der Waals surface area contributed by atoms with Crippen molar-refractivity contribution in [1.82, 2.24) is 10.3 Å². The fraction of sp³-hybridized carbons (Fsp3) is 0.154. The Kier molecular flexibility index (Phi) is 4.51. The molecule has 20 heavy (non-hydrogen) atoms. The van der Waals surface area contributed by atoms with Gasteiger partial charge in [0.1, 0.15) is 5.69 Å². The number of carbonyl (C=O) groups is 2. The van der Waals surface area contributed by atoms with Crippen LogP contribution in [0.1, 0.15) is 31.3 Å². The first kappa shape index (κ1) is 14.7. The number of nitrogens with zero attached hydrogens (tertiary/aromatic N) is 1. The summed E-state index contributed by atoms with van der Waals surface area (Å²) in [5.74, 6) is -1.23. The number of rotatable bonds is 4. The summed E-state index contributed by atoms with van der Waals surface area (Å²) in [5, 5.41) is 11.5. The molecule has 104 valence electrons. The Balaban J connectivity index is 1.98. The lowest BCUT2D eigenvalue weighted by molar-refractivity contribution is 0.0690. The Labute approximate surface area is 127 Å². The van der Waals surface area contributed by atoms with Crippen LogP contribution in [0, 0.1) is 6.92 Å². The molecule has 7 heteroatoms. The molecular weight excluding hydrogens is 344 g/mol. The monoisotopic (exact) mass is 354 g/mol. The van der Waals surface area contributed by atoms with Crippen LogP contribution in [0.25, 0.3) is 0 Å². The van der Waals surface area contributed by atoms with Gasteiger partial charge in [-0.3, -0.25) is 4.79 Å². The zero-order valence-electron chi connectivity index (χ0n) is 10.5. The van der Waals surface area contributed by atoms with Gasteiger partial charge in [0.25, 0.3) is 5.91 Å². The molecule has 0 bridgehead atoms. The van der Waals surface area contributed by atoms with Crippen LogP contribution >= 0.6 is 27.3 Å². The molecule has 2 aromatic heterocycles. The van der Waals surface area contributed by atoms with Crippen LogP contribution < -0.4 is 5.32 Å². The number of carbonyl (C=O) groups excluding carboxylic acids is 1. The van der Waals surface area contributed by atoms with E-state index in [1.54, 1.807) is 6.07 Å². The fourth-order valence-corrected chi connectivity index (χ4v) is 2.95. The molecule has 2 heterocycles. The van der Waals surface area contributed by atoms with Crippen molar-refractivity contribution in [3.8, 4) is 0 Å². The molecular formula is C13H11BrN2O3S. The van der Waals surface area contributed by atoms with E-state index in [1.165, 1.54) is 23.6 Å². The molecule has 0 aliphatic rings. The minimum atomic E-state index is -1.07. The summed E-state index contributed by atoms with van der Waals surface area (Å²) in [6, 6.07) is 4.86.